The molecule has 1 amide bonds. The molecule has 3 rings (SSSR count). The van der Waals surface area contributed by atoms with Crippen LogP contribution in [0.4, 0.5) is 10.1 Å². The zero-order valence-corrected chi connectivity index (χ0v) is 16.0. The molecule has 144 valence electrons. The molecule has 2 aromatic carbocycles. The molecular weight excluding hydrogens is 409 g/mol. The minimum atomic E-state index is -0.658. The van der Waals surface area contributed by atoms with Crippen molar-refractivity contribution in [1.29, 1.82) is 0 Å². The maximum absolute atomic E-state index is 13.2. The number of nitro benzene ring substituents is 1. The summed E-state index contributed by atoms with van der Waals surface area (Å²) < 4.78 is 14.9. The summed E-state index contributed by atoms with van der Waals surface area (Å²) in [5, 5.41) is 22.3. The minimum absolute atomic E-state index is 0.0141. The first-order chi connectivity index (χ1) is 13.4. The Morgan fingerprint density at radius 3 is 2.64 bits per heavy atom. The summed E-state index contributed by atoms with van der Waals surface area (Å²) in [6.07, 6.45) is 1.82. The van der Waals surface area contributed by atoms with Crippen LogP contribution in [0.1, 0.15) is 16.2 Å². The Labute approximate surface area is 167 Å². The van der Waals surface area contributed by atoms with E-state index in [0.717, 1.165) is 6.07 Å². The van der Waals surface area contributed by atoms with E-state index in [1.807, 2.05) is 6.26 Å². The Morgan fingerprint density at radius 1 is 1.29 bits per heavy atom. The predicted molar refractivity (Wildman–Crippen MR) is 102 cm³/mol. The quantitative estimate of drug-likeness (QED) is 0.370. The maximum Gasteiger partial charge on any atom is 0.288 e. The lowest BCUT2D eigenvalue weighted by Gasteiger charge is -2.10. The molecule has 11 heteroatoms. The number of aromatic nitrogens is 3. The molecule has 1 N–H and O–H groups in total. The summed E-state index contributed by atoms with van der Waals surface area (Å²) in [6, 6.07) is 9.57. The topological polar surface area (TPSA) is 103 Å². The fourth-order valence-corrected chi connectivity index (χ4v) is 3.15. The third-order valence-corrected chi connectivity index (χ3v) is 4.73. The SMILES string of the molecule is CSc1nnc(CNC(=O)c2ccc(Cl)c([N+](=O)[O-])c2)n1-c1ccc(F)cc1. The number of nitrogens with zero attached hydrogens (tertiary/aromatic N) is 4. The van der Waals surface area contributed by atoms with Crippen LogP contribution in [-0.2, 0) is 6.54 Å². The van der Waals surface area contributed by atoms with Crippen molar-refractivity contribution >= 4 is 35.0 Å². The average Bonchev–Trinajstić information content (AvgIpc) is 3.09. The summed E-state index contributed by atoms with van der Waals surface area (Å²) in [4.78, 5) is 22.7. The molecule has 3 aromatic rings. The van der Waals surface area contributed by atoms with Crippen molar-refractivity contribution < 1.29 is 14.1 Å². The molecule has 0 saturated carbocycles. The second kappa shape index (κ2) is 8.36. The molecule has 0 fully saturated rings. The monoisotopic (exact) mass is 421 g/mol. The van der Waals surface area contributed by atoms with Gasteiger partial charge in [0.25, 0.3) is 11.6 Å². The molecule has 0 aliphatic heterocycles. The van der Waals surface area contributed by atoms with Gasteiger partial charge in [0.15, 0.2) is 11.0 Å². The predicted octanol–water partition coefficient (Wildman–Crippen LogP) is 3.62. The molecule has 0 spiro atoms. The van der Waals surface area contributed by atoms with Crippen LogP contribution in [-0.4, -0.2) is 31.9 Å². The molecule has 0 atom stereocenters. The van der Waals surface area contributed by atoms with Gasteiger partial charge in [0.2, 0.25) is 0 Å². The van der Waals surface area contributed by atoms with Crippen LogP contribution in [0.5, 0.6) is 0 Å². The second-order valence-electron chi connectivity index (χ2n) is 5.52. The van der Waals surface area contributed by atoms with Crippen LogP contribution in [0.15, 0.2) is 47.6 Å². The second-order valence-corrected chi connectivity index (χ2v) is 6.70. The zero-order valence-electron chi connectivity index (χ0n) is 14.4. The van der Waals surface area contributed by atoms with Crippen LogP contribution < -0.4 is 5.32 Å². The van der Waals surface area contributed by atoms with Gasteiger partial charge in [0.05, 0.1) is 11.5 Å². The highest BCUT2D eigenvalue weighted by Crippen LogP contribution is 2.25. The molecule has 0 radical (unpaired) electrons. The number of carbonyl (C=O) groups excluding carboxylic acids is 1. The first-order valence-electron chi connectivity index (χ1n) is 7.87. The Balaban J connectivity index is 1.82. The minimum Gasteiger partial charge on any atom is -0.345 e. The van der Waals surface area contributed by atoms with Crippen LogP contribution in [0.2, 0.25) is 5.02 Å². The van der Waals surface area contributed by atoms with Gasteiger partial charge in [0.1, 0.15) is 10.8 Å². The molecule has 0 saturated heterocycles. The highest BCUT2D eigenvalue weighted by molar-refractivity contribution is 7.98. The molecule has 1 heterocycles. The number of amides is 1. The fourth-order valence-electron chi connectivity index (χ4n) is 2.45. The highest BCUT2D eigenvalue weighted by atomic mass is 35.5. The van der Waals surface area contributed by atoms with E-state index in [1.54, 1.807) is 16.7 Å². The Morgan fingerprint density at radius 2 is 2.00 bits per heavy atom. The van der Waals surface area contributed by atoms with Crippen LogP contribution in [0, 0.1) is 15.9 Å². The van der Waals surface area contributed by atoms with Gasteiger partial charge in [-0.3, -0.25) is 19.5 Å². The number of nitrogens with one attached hydrogen (secondary N) is 1. The van der Waals surface area contributed by atoms with E-state index in [9.17, 15) is 19.3 Å². The third-order valence-electron chi connectivity index (χ3n) is 3.78. The molecule has 8 nitrogen and oxygen atoms in total. The molecule has 0 aliphatic carbocycles. The molecule has 0 bridgehead atoms. The number of hydrogen-bond acceptors (Lipinski definition) is 6. The lowest BCUT2D eigenvalue weighted by molar-refractivity contribution is -0.384. The Hall–Kier alpha value is -2.98. The van der Waals surface area contributed by atoms with Crippen molar-refractivity contribution in [3.63, 3.8) is 0 Å². The van der Waals surface area contributed by atoms with E-state index in [4.69, 9.17) is 11.6 Å². The molecule has 0 aliphatic rings. The number of benzene rings is 2. The molecular formula is C17H13ClFN5O3S. The number of nitro groups is 1. The van der Waals surface area contributed by atoms with E-state index in [0.29, 0.717) is 16.7 Å². The van der Waals surface area contributed by atoms with Gasteiger partial charge in [-0.1, -0.05) is 23.4 Å². The normalized spacial score (nSPS) is 10.7. The van der Waals surface area contributed by atoms with Crippen molar-refractivity contribution in [2.75, 3.05) is 6.26 Å². The largest absolute Gasteiger partial charge is 0.345 e. The molecule has 0 unspecified atom stereocenters. The van der Waals surface area contributed by atoms with Crippen molar-refractivity contribution in [1.82, 2.24) is 20.1 Å². The summed E-state index contributed by atoms with van der Waals surface area (Å²) in [5.74, 6) is -0.478. The Bertz CT molecular complexity index is 1040. The van der Waals surface area contributed by atoms with Crippen LogP contribution >= 0.6 is 23.4 Å². The van der Waals surface area contributed by atoms with Crippen molar-refractivity contribution in [3.05, 3.63) is 74.8 Å². The van der Waals surface area contributed by atoms with E-state index in [2.05, 4.69) is 15.5 Å². The van der Waals surface area contributed by atoms with E-state index >= 15 is 0 Å². The van der Waals surface area contributed by atoms with Crippen molar-refractivity contribution in [2.45, 2.75) is 11.7 Å². The van der Waals surface area contributed by atoms with Gasteiger partial charge >= 0.3 is 0 Å². The smallest absolute Gasteiger partial charge is 0.288 e. The lowest BCUT2D eigenvalue weighted by atomic mass is 10.2. The van der Waals surface area contributed by atoms with Gasteiger partial charge in [-0.25, -0.2) is 4.39 Å². The lowest BCUT2D eigenvalue weighted by Crippen LogP contribution is -2.24. The van der Waals surface area contributed by atoms with Crippen LogP contribution in [0.3, 0.4) is 0 Å². The third kappa shape index (κ3) is 4.12. The van der Waals surface area contributed by atoms with E-state index < -0.39 is 10.8 Å². The zero-order chi connectivity index (χ0) is 20.3. The highest BCUT2D eigenvalue weighted by Gasteiger charge is 2.18. The number of carbonyl (C=O) groups is 1. The maximum atomic E-state index is 13.2. The first-order valence-corrected chi connectivity index (χ1v) is 9.47. The molecule has 1 aromatic heterocycles. The van der Waals surface area contributed by atoms with Gasteiger partial charge in [-0.2, -0.15) is 0 Å². The van der Waals surface area contributed by atoms with Crippen LogP contribution in [0.25, 0.3) is 5.69 Å². The Kier molecular flexibility index (Phi) is 5.90. The fraction of sp³-hybridized carbons (Fsp3) is 0.118. The number of rotatable bonds is 6. The standard InChI is InChI=1S/C17H13ClFN5O3S/c1-28-17-22-21-15(23(17)12-5-3-11(19)4-6-12)9-20-16(25)10-2-7-13(18)14(8-10)24(26)27/h2-8H,9H2,1H3,(H,20,25). The van der Waals surface area contributed by atoms with E-state index in [-0.39, 0.29) is 28.6 Å². The summed E-state index contributed by atoms with van der Waals surface area (Å²) >= 11 is 7.11. The number of hydrogen-bond donors (Lipinski definition) is 1. The van der Waals surface area contributed by atoms with Gasteiger partial charge in [0, 0.05) is 17.3 Å². The van der Waals surface area contributed by atoms with Gasteiger partial charge in [-0.15, -0.1) is 10.2 Å². The van der Waals surface area contributed by atoms with Crippen molar-refractivity contribution in [2.24, 2.45) is 0 Å². The average molecular weight is 422 g/mol. The van der Waals surface area contributed by atoms with Crippen molar-refractivity contribution in [3.8, 4) is 5.69 Å². The summed E-state index contributed by atoms with van der Waals surface area (Å²) in [5.41, 5.74) is 0.379. The van der Waals surface area contributed by atoms with E-state index in [1.165, 1.54) is 36.0 Å². The summed E-state index contributed by atoms with van der Waals surface area (Å²) in [6.45, 7) is 0.0141. The molecule has 28 heavy (non-hydrogen) atoms. The van der Waals surface area contributed by atoms with Gasteiger partial charge < -0.3 is 5.32 Å². The number of thioether (sulfide) groups is 1. The van der Waals surface area contributed by atoms with Gasteiger partial charge in [-0.05, 0) is 42.7 Å². The number of halogens is 2. The first kappa shape index (κ1) is 19.8. The summed E-state index contributed by atoms with van der Waals surface area (Å²) in [7, 11) is 0.